The van der Waals surface area contributed by atoms with Gasteiger partial charge >= 0.3 is 0 Å². The summed E-state index contributed by atoms with van der Waals surface area (Å²) in [6.45, 7) is 8.34. The molecule has 0 bridgehead atoms. The molecular weight excluding hydrogens is 246 g/mol. The van der Waals surface area contributed by atoms with Gasteiger partial charge in [-0.1, -0.05) is 38.5 Å². The number of nitriles is 1. The summed E-state index contributed by atoms with van der Waals surface area (Å²) in [5, 5.41) is 10.4. The van der Waals surface area contributed by atoms with Crippen LogP contribution in [-0.4, -0.2) is 18.1 Å². The first kappa shape index (κ1) is 14.3. The molecule has 1 atom stereocenters. The van der Waals surface area contributed by atoms with Crippen LogP contribution in [0.5, 0.6) is 0 Å². The van der Waals surface area contributed by atoms with E-state index in [-0.39, 0.29) is 0 Å². The largest absolute Gasteiger partial charge is 0.356 e. The Kier molecular flexibility index (Phi) is 4.57. The number of hydrogen-bond acceptors (Lipinski definition) is 3. The van der Waals surface area contributed by atoms with Gasteiger partial charge in [0.15, 0.2) is 0 Å². The molecule has 1 aromatic carbocycles. The highest BCUT2D eigenvalue weighted by atomic mass is 15.2. The quantitative estimate of drug-likeness (QED) is 0.822. The number of anilines is 1. The maximum absolute atomic E-state index is 9.40. The van der Waals surface area contributed by atoms with Crippen molar-refractivity contribution in [1.29, 1.82) is 5.26 Å². The van der Waals surface area contributed by atoms with E-state index in [4.69, 9.17) is 4.98 Å². The predicted molar refractivity (Wildman–Crippen MR) is 83.8 cm³/mol. The molecule has 0 aliphatic heterocycles. The summed E-state index contributed by atoms with van der Waals surface area (Å²) in [6.07, 6.45) is 1.13. The normalized spacial score (nSPS) is 12.1. The van der Waals surface area contributed by atoms with Gasteiger partial charge in [0.2, 0.25) is 0 Å². The zero-order valence-corrected chi connectivity index (χ0v) is 12.4. The highest BCUT2D eigenvalue weighted by molar-refractivity contribution is 5.83. The Labute approximate surface area is 120 Å². The molecule has 0 amide bonds. The van der Waals surface area contributed by atoms with Gasteiger partial charge < -0.3 is 4.90 Å². The summed E-state index contributed by atoms with van der Waals surface area (Å²) in [4.78, 5) is 6.92. The van der Waals surface area contributed by atoms with Crippen LogP contribution in [0.25, 0.3) is 10.9 Å². The lowest BCUT2D eigenvalue weighted by Gasteiger charge is -2.26. The van der Waals surface area contributed by atoms with Gasteiger partial charge in [-0.2, -0.15) is 5.26 Å². The summed E-state index contributed by atoms with van der Waals surface area (Å²) in [7, 11) is 0. The van der Waals surface area contributed by atoms with Crippen molar-refractivity contribution in [3.8, 4) is 6.07 Å². The maximum Gasteiger partial charge on any atom is 0.147 e. The van der Waals surface area contributed by atoms with Crippen LogP contribution in [0.1, 0.15) is 32.8 Å². The summed E-state index contributed by atoms with van der Waals surface area (Å²) < 4.78 is 0. The first-order valence-electron chi connectivity index (χ1n) is 7.24. The third kappa shape index (κ3) is 2.91. The van der Waals surface area contributed by atoms with Gasteiger partial charge in [-0.05, 0) is 25.0 Å². The van der Waals surface area contributed by atoms with Crippen molar-refractivity contribution in [2.75, 3.05) is 18.0 Å². The highest BCUT2D eigenvalue weighted by Gasteiger charge is 2.15. The molecule has 2 rings (SSSR count). The fourth-order valence-corrected chi connectivity index (χ4v) is 2.30. The molecule has 104 valence electrons. The number of fused-ring (bicyclic) bond motifs is 1. The summed E-state index contributed by atoms with van der Waals surface area (Å²) in [5.74, 6) is 1.41. The van der Waals surface area contributed by atoms with E-state index in [0.717, 1.165) is 36.2 Å². The van der Waals surface area contributed by atoms with Crippen LogP contribution in [0.2, 0.25) is 0 Å². The number of hydrogen-bond donors (Lipinski definition) is 0. The van der Waals surface area contributed by atoms with Crippen molar-refractivity contribution in [1.82, 2.24) is 4.98 Å². The fourth-order valence-electron chi connectivity index (χ4n) is 2.30. The van der Waals surface area contributed by atoms with Gasteiger partial charge in [0.25, 0.3) is 0 Å². The second-order valence-electron chi connectivity index (χ2n) is 5.22. The number of nitrogens with zero attached hydrogens (tertiary/aromatic N) is 3. The van der Waals surface area contributed by atoms with Crippen LogP contribution in [0.4, 0.5) is 5.82 Å². The van der Waals surface area contributed by atoms with E-state index in [0.29, 0.717) is 11.5 Å². The minimum Gasteiger partial charge on any atom is -0.356 e. The Balaban J connectivity index is 2.47. The molecule has 1 aromatic heterocycles. The van der Waals surface area contributed by atoms with Crippen LogP contribution in [0.15, 0.2) is 30.3 Å². The van der Waals surface area contributed by atoms with E-state index in [1.165, 1.54) is 0 Å². The van der Waals surface area contributed by atoms with Crippen LogP contribution in [-0.2, 0) is 0 Å². The predicted octanol–water partition coefficient (Wildman–Crippen LogP) is 3.98. The van der Waals surface area contributed by atoms with Crippen molar-refractivity contribution in [2.24, 2.45) is 5.92 Å². The lowest BCUT2D eigenvalue weighted by atomic mass is 10.1. The van der Waals surface area contributed by atoms with Crippen molar-refractivity contribution < 1.29 is 0 Å². The number of para-hydroxylation sites is 1. The van der Waals surface area contributed by atoms with E-state index in [1.807, 2.05) is 30.3 Å². The molecule has 0 aliphatic rings. The van der Waals surface area contributed by atoms with Gasteiger partial charge in [-0.15, -0.1) is 0 Å². The molecule has 0 saturated carbocycles. The molecule has 0 N–H and O–H groups in total. The fraction of sp³-hybridized carbons (Fsp3) is 0.412. The first-order chi connectivity index (χ1) is 9.69. The van der Waals surface area contributed by atoms with Gasteiger partial charge in [0.05, 0.1) is 11.1 Å². The molecule has 1 heterocycles. The summed E-state index contributed by atoms with van der Waals surface area (Å²) >= 11 is 0. The molecule has 0 radical (unpaired) electrons. The molecule has 0 fully saturated rings. The van der Waals surface area contributed by atoms with E-state index < -0.39 is 0 Å². The summed E-state index contributed by atoms with van der Waals surface area (Å²) in [5.41, 5.74) is 1.61. The van der Waals surface area contributed by atoms with E-state index in [1.54, 1.807) is 0 Å². The van der Waals surface area contributed by atoms with E-state index >= 15 is 0 Å². The lowest BCUT2D eigenvalue weighted by molar-refractivity contribution is 0.545. The highest BCUT2D eigenvalue weighted by Crippen LogP contribution is 2.24. The zero-order chi connectivity index (χ0) is 14.5. The molecule has 3 nitrogen and oxygen atoms in total. The summed E-state index contributed by atoms with van der Waals surface area (Å²) in [6, 6.07) is 12.2. The average Bonchev–Trinajstić information content (AvgIpc) is 2.50. The van der Waals surface area contributed by atoms with Crippen molar-refractivity contribution in [3.63, 3.8) is 0 Å². The minimum absolute atomic E-state index is 0.592. The topological polar surface area (TPSA) is 39.9 Å². The van der Waals surface area contributed by atoms with Gasteiger partial charge in [0, 0.05) is 18.5 Å². The van der Waals surface area contributed by atoms with Crippen molar-refractivity contribution >= 4 is 16.7 Å². The van der Waals surface area contributed by atoms with Crippen molar-refractivity contribution in [3.05, 3.63) is 35.9 Å². The molecule has 0 saturated heterocycles. The molecule has 0 aliphatic carbocycles. The van der Waals surface area contributed by atoms with Crippen LogP contribution in [0, 0.1) is 17.2 Å². The van der Waals surface area contributed by atoms with Crippen LogP contribution in [0.3, 0.4) is 0 Å². The number of pyridine rings is 1. The molecular formula is C17H21N3. The van der Waals surface area contributed by atoms with Gasteiger partial charge in [-0.3, -0.25) is 0 Å². The Hall–Kier alpha value is -2.08. The Morgan fingerprint density at radius 1 is 1.30 bits per heavy atom. The van der Waals surface area contributed by atoms with Crippen LogP contribution >= 0.6 is 0 Å². The zero-order valence-electron chi connectivity index (χ0n) is 12.4. The molecule has 1 unspecified atom stereocenters. The second-order valence-corrected chi connectivity index (χ2v) is 5.22. The third-order valence-electron chi connectivity index (χ3n) is 3.73. The smallest absolute Gasteiger partial charge is 0.147 e. The van der Waals surface area contributed by atoms with Crippen LogP contribution < -0.4 is 4.90 Å². The Morgan fingerprint density at radius 2 is 2.05 bits per heavy atom. The lowest BCUT2D eigenvalue weighted by Crippen LogP contribution is -2.29. The second kappa shape index (κ2) is 6.38. The van der Waals surface area contributed by atoms with Gasteiger partial charge in [0.1, 0.15) is 11.9 Å². The molecule has 20 heavy (non-hydrogen) atoms. The minimum atomic E-state index is 0.592. The average molecular weight is 267 g/mol. The van der Waals surface area contributed by atoms with E-state index in [9.17, 15) is 5.26 Å². The third-order valence-corrected chi connectivity index (χ3v) is 3.73. The standard InChI is InChI=1S/C17H21N3/c1-4-13(3)12-20(5-2)17-15(11-18)10-14-8-6-7-9-16(14)19-17/h6-10,13H,4-5,12H2,1-3H3. The number of benzene rings is 1. The SMILES string of the molecule is CCC(C)CN(CC)c1nc2ccccc2cc1C#N. The Bertz CT molecular complexity index is 628. The number of rotatable bonds is 5. The first-order valence-corrected chi connectivity index (χ1v) is 7.24. The van der Waals surface area contributed by atoms with Gasteiger partial charge in [-0.25, -0.2) is 4.98 Å². The molecule has 0 spiro atoms. The maximum atomic E-state index is 9.40. The molecule has 2 aromatic rings. The monoisotopic (exact) mass is 267 g/mol. The Morgan fingerprint density at radius 3 is 2.70 bits per heavy atom. The number of aromatic nitrogens is 1. The molecule has 3 heteroatoms. The van der Waals surface area contributed by atoms with E-state index in [2.05, 4.69) is 31.7 Å². The van der Waals surface area contributed by atoms with Crippen molar-refractivity contribution in [2.45, 2.75) is 27.2 Å².